The quantitative estimate of drug-likeness (QED) is 0.659. The molecule has 0 bridgehead atoms. The summed E-state index contributed by atoms with van der Waals surface area (Å²) in [6.45, 7) is -0.517. The lowest BCUT2D eigenvalue weighted by molar-refractivity contribution is -0.124. The van der Waals surface area contributed by atoms with Gasteiger partial charge in [-0.05, 0) is 47.7 Å². The van der Waals surface area contributed by atoms with Crippen LogP contribution in [0.5, 0.6) is 0 Å². The minimum absolute atomic E-state index is 0.0997. The Morgan fingerprint density at radius 1 is 1.03 bits per heavy atom. The predicted octanol–water partition coefficient (Wildman–Crippen LogP) is 3.66. The van der Waals surface area contributed by atoms with Crippen LogP contribution in [0.2, 0.25) is 0 Å². The highest BCUT2D eigenvalue weighted by atomic mass is 32.1. The minimum Gasteiger partial charge on any atom is -0.451 e. The number of thiophene rings is 1. The maximum absolute atomic E-state index is 12.7. The van der Waals surface area contributed by atoms with Gasteiger partial charge in [0.25, 0.3) is 5.91 Å². The number of carbonyl (C=O) groups excluding carboxylic acids is 3. The van der Waals surface area contributed by atoms with Crippen LogP contribution in [0.15, 0.2) is 54.6 Å². The maximum Gasteiger partial charge on any atom is 0.348 e. The number of rotatable bonds is 3. The second kappa shape index (κ2) is 7.42. The molecule has 2 amide bonds. The van der Waals surface area contributed by atoms with Gasteiger partial charge in [-0.2, -0.15) is 0 Å². The largest absolute Gasteiger partial charge is 0.451 e. The van der Waals surface area contributed by atoms with Gasteiger partial charge in [0.15, 0.2) is 6.61 Å². The SMILES string of the molecule is O=C1CN(C(=O)COC(=O)c2cc3c(s2)-c2ccccc2CC3)c2ccccc2N1. The lowest BCUT2D eigenvalue weighted by atomic mass is 9.91. The van der Waals surface area contributed by atoms with Crippen molar-refractivity contribution in [3.8, 4) is 10.4 Å². The number of hydrogen-bond donors (Lipinski definition) is 1. The molecule has 0 saturated heterocycles. The molecular weight excluding hydrogens is 400 g/mol. The summed E-state index contributed by atoms with van der Waals surface area (Å²) in [6.07, 6.45) is 1.83. The molecule has 30 heavy (non-hydrogen) atoms. The predicted molar refractivity (Wildman–Crippen MR) is 115 cm³/mol. The van der Waals surface area contributed by atoms with Crippen molar-refractivity contribution in [1.82, 2.24) is 0 Å². The van der Waals surface area contributed by atoms with Crippen LogP contribution >= 0.6 is 11.3 Å². The Kier molecular flexibility index (Phi) is 4.59. The molecule has 7 heteroatoms. The Balaban J connectivity index is 1.30. The Hall–Kier alpha value is -3.45. The van der Waals surface area contributed by atoms with Crippen molar-refractivity contribution in [3.05, 3.63) is 70.6 Å². The minimum atomic E-state index is -0.519. The number of carbonyl (C=O) groups is 3. The van der Waals surface area contributed by atoms with Gasteiger partial charge in [0.1, 0.15) is 11.4 Å². The normalized spacial score (nSPS) is 14.3. The van der Waals surface area contributed by atoms with Crippen LogP contribution in [0.1, 0.15) is 20.8 Å². The van der Waals surface area contributed by atoms with Gasteiger partial charge >= 0.3 is 5.97 Å². The van der Waals surface area contributed by atoms with Crippen LogP contribution in [0.4, 0.5) is 11.4 Å². The van der Waals surface area contributed by atoms with Crippen molar-refractivity contribution in [2.45, 2.75) is 12.8 Å². The molecule has 0 spiro atoms. The Labute approximate surface area is 177 Å². The van der Waals surface area contributed by atoms with Crippen LogP contribution < -0.4 is 10.2 Å². The van der Waals surface area contributed by atoms with Crippen LogP contribution in [0, 0.1) is 0 Å². The number of aryl methyl sites for hydroxylation is 2. The number of nitrogens with zero attached hydrogens (tertiary/aromatic N) is 1. The van der Waals surface area contributed by atoms with E-state index in [9.17, 15) is 14.4 Å². The van der Waals surface area contributed by atoms with E-state index in [1.165, 1.54) is 21.8 Å². The smallest absolute Gasteiger partial charge is 0.348 e. The fourth-order valence-electron chi connectivity index (χ4n) is 3.90. The van der Waals surface area contributed by atoms with Crippen molar-refractivity contribution >= 4 is 40.5 Å². The van der Waals surface area contributed by atoms with E-state index < -0.39 is 18.5 Å². The van der Waals surface area contributed by atoms with Crippen LogP contribution in [-0.4, -0.2) is 30.9 Å². The van der Waals surface area contributed by atoms with E-state index in [0.29, 0.717) is 16.3 Å². The summed E-state index contributed by atoms with van der Waals surface area (Å²) in [5.74, 6) is -1.23. The monoisotopic (exact) mass is 418 g/mol. The van der Waals surface area contributed by atoms with Crippen LogP contribution in [0.25, 0.3) is 10.4 Å². The fourth-order valence-corrected chi connectivity index (χ4v) is 5.07. The molecule has 2 heterocycles. The number of hydrogen-bond acceptors (Lipinski definition) is 5. The Morgan fingerprint density at radius 2 is 1.80 bits per heavy atom. The average Bonchev–Trinajstić information content (AvgIpc) is 3.21. The molecule has 0 atom stereocenters. The number of fused-ring (bicyclic) bond motifs is 4. The molecule has 0 fully saturated rings. The maximum atomic E-state index is 12.7. The molecule has 1 aromatic heterocycles. The highest BCUT2D eigenvalue weighted by Gasteiger charge is 2.28. The lowest BCUT2D eigenvalue weighted by Crippen LogP contribution is -2.44. The first-order chi connectivity index (χ1) is 14.6. The fraction of sp³-hybridized carbons (Fsp3) is 0.174. The number of esters is 1. The molecule has 6 nitrogen and oxygen atoms in total. The van der Waals surface area contributed by atoms with E-state index >= 15 is 0 Å². The molecule has 1 N–H and O–H groups in total. The number of para-hydroxylation sites is 2. The number of anilines is 2. The van der Waals surface area contributed by atoms with Crippen molar-refractivity contribution in [2.24, 2.45) is 0 Å². The molecule has 150 valence electrons. The summed E-state index contributed by atoms with van der Waals surface area (Å²) in [6, 6.07) is 17.1. The summed E-state index contributed by atoms with van der Waals surface area (Å²) in [7, 11) is 0. The first kappa shape index (κ1) is 18.6. The molecule has 0 saturated carbocycles. The van der Waals surface area contributed by atoms with Gasteiger partial charge < -0.3 is 10.1 Å². The number of benzene rings is 2. The summed E-state index contributed by atoms with van der Waals surface area (Å²) in [5, 5.41) is 2.73. The van der Waals surface area contributed by atoms with E-state index in [1.54, 1.807) is 24.3 Å². The van der Waals surface area contributed by atoms with Gasteiger partial charge in [-0.15, -0.1) is 11.3 Å². The molecule has 3 aromatic rings. The van der Waals surface area contributed by atoms with Crippen molar-refractivity contribution < 1.29 is 19.1 Å². The summed E-state index contributed by atoms with van der Waals surface area (Å²) in [5.41, 5.74) is 4.75. The highest BCUT2D eigenvalue weighted by molar-refractivity contribution is 7.17. The zero-order chi connectivity index (χ0) is 20.7. The van der Waals surface area contributed by atoms with Gasteiger partial charge in [0.05, 0.1) is 11.4 Å². The summed E-state index contributed by atoms with van der Waals surface area (Å²) < 4.78 is 5.31. The topological polar surface area (TPSA) is 75.7 Å². The van der Waals surface area contributed by atoms with Gasteiger partial charge in [-0.25, -0.2) is 4.79 Å². The lowest BCUT2D eigenvalue weighted by Gasteiger charge is -2.28. The molecule has 0 unspecified atom stereocenters. The van der Waals surface area contributed by atoms with E-state index in [2.05, 4.69) is 17.4 Å². The molecule has 5 rings (SSSR count). The molecule has 2 aliphatic rings. The second-order valence-electron chi connectivity index (χ2n) is 7.24. The molecule has 0 radical (unpaired) electrons. The number of nitrogens with one attached hydrogen (secondary N) is 1. The van der Waals surface area contributed by atoms with Gasteiger partial charge in [-0.3, -0.25) is 14.5 Å². The molecule has 2 aromatic carbocycles. The van der Waals surface area contributed by atoms with Gasteiger partial charge in [0.2, 0.25) is 5.91 Å². The van der Waals surface area contributed by atoms with Crippen molar-refractivity contribution in [2.75, 3.05) is 23.4 Å². The zero-order valence-electron chi connectivity index (χ0n) is 16.0. The first-order valence-electron chi connectivity index (χ1n) is 9.67. The van der Waals surface area contributed by atoms with Gasteiger partial charge in [0, 0.05) is 4.88 Å². The Morgan fingerprint density at radius 3 is 2.70 bits per heavy atom. The van der Waals surface area contributed by atoms with Crippen LogP contribution in [0.3, 0.4) is 0 Å². The van der Waals surface area contributed by atoms with E-state index in [4.69, 9.17) is 4.74 Å². The number of ether oxygens (including phenoxy) is 1. The Bertz CT molecular complexity index is 1180. The first-order valence-corrected chi connectivity index (χ1v) is 10.5. The second-order valence-corrected chi connectivity index (χ2v) is 8.30. The number of amides is 2. The third kappa shape index (κ3) is 3.27. The third-order valence-electron chi connectivity index (χ3n) is 5.33. The molecule has 1 aliphatic heterocycles. The molecule has 1 aliphatic carbocycles. The summed E-state index contributed by atoms with van der Waals surface area (Å²) >= 11 is 1.40. The standard InChI is InChI=1S/C23H18N2O4S/c26-20-12-25(18-8-4-3-7-17(18)24-20)21(27)13-29-23(28)19-11-15-10-9-14-5-1-2-6-16(14)22(15)30-19/h1-8,11H,9-10,12-13H2,(H,24,26). The van der Waals surface area contributed by atoms with Crippen molar-refractivity contribution in [3.63, 3.8) is 0 Å². The van der Waals surface area contributed by atoms with Crippen molar-refractivity contribution in [1.29, 1.82) is 0 Å². The van der Waals surface area contributed by atoms with Crippen LogP contribution in [-0.2, 0) is 27.2 Å². The van der Waals surface area contributed by atoms with E-state index in [1.807, 2.05) is 18.2 Å². The summed E-state index contributed by atoms with van der Waals surface area (Å²) in [4.78, 5) is 40.1. The van der Waals surface area contributed by atoms with E-state index in [-0.39, 0.29) is 12.5 Å². The average molecular weight is 418 g/mol. The zero-order valence-corrected chi connectivity index (χ0v) is 16.8. The van der Waals surface area contributed by atoms with Gasteiger partial charge in [-0.1, -0.05) is 36.4 Å². The third-order valence-corrected chi connectivity index (χ3v) is 6.52. The molecular formula is C23H18N2O4S. The highest BCUT2D eigenvalue weighted by Crippen LogP contribution is 2.39. The van der Waals surface area contributed by atoms with E-state index in [0.717, 1.165) is 28.8 Å².